The van der Waals surface area contributed by atoms with Gasteiger partial charge in [0.2, 0.25) is 5.88 Å². The van der Waals surface area contributed by atoms with Crippen LogP contribution in [0.25, 0.3) is 0 Å². The number of aromatic amines is 1. The Morgan fingerprint density at radius 1 is 1.62 bits per heavy atom. The molecule has 0 aliphatic carbocycles. The standard InChI is InChI=1S/C8H13N3O2/c1-8(2,3)11-7(13)6-9-4-5(12)10-6/h4,12H,1-3H3,(H,9,10)(H,11,13). The van der Waals surface area contributed by atoms with Gasteiger partial charge >= 0.3 is 0 Å². The molecule has 0 saturated heterocycles. The van der Waals surface area contributed by atoms with Gasteiger partial charge in [-0.2, -0.15) is 0 Å². The number of aromatic hydroxyl groups is 1. The molecule has 0 aliphatic heterocycles. The van der Waals surface area contributed by atoms with Gasteiger partial charge in [-0.1, -0.05) is 0 Å². The Balaban J connectivity index is 2.70. The van der Waals surface area contributed by atoms with Crippen molar-refractivity contribution in [1.29, 1.82) is 0 Å². The first kappa shape index (κ1) is 9.57. The second-order valence-electron chi connectivity index (χ2n) is 3.82. The molecule has 1 amide bonds. The van der Waals surface area contributed by atoms with Gasteiger partial charge in [0.05, 0.1) is 6.20 Å². The van der Waals surface area contributed by atoms with Crippen LogP contribution < -0.4 is 5.32 Å². The van der Waals surface area contributed by atoms with Gasteiger partial charge in [0.25, 0.3) is 5.91 Å². The Morgan fingerprint density at radius 3 is 2.62 bits per heavy atom. The number of hydrogen-bond acceptors (Lipinski definition) is 3. The topological polar surface area (TPSA) is 78.0 Å². The van der Waals surface area contributed by atoms with Crippen molar-refractivity contribution in [1.82, 2.24) is 15.3 Å². The van der Waals surface area contributed by atoms with E-state index in [1.807, 2.05) is 20.8 Å². The Kier molecular flexibility index (Phi) is 2.27. The lowest BCUT2D eigenvalue weighted by Crippen LogP contribution is -2.41. The Morgan fingerprint density at radius 2 is 2.23 bits per heavy atom. The number of aromatic nitrogens is 2. The maximum Gasteiger partial charge on any atom is 0.287 e. The summed E-state index contributed by atoms with van der Waals surface area (Å²) in [6, 6.07) is 0. The number of hydrogen-bond donors (Lipinski definition) is 3. The number of rotatable bonds is 1. The number of nitrogens with one attached hydrogen (secondary N) is 2. The fraction of sp³-hybridized carbons (Fsp3) is 0.500. The largest absolute Gasteiger partial charge is 0.493 e. The molecule has 72 valence electrons. The van der Waals surface area contributed by atoms with Crippen LogP contribution in [-0.4, -0.2) is 26.5 Å². The summed E-state index contributed by atoms with van der Waals surface area (Å²) in [7, 11) is 0. The third-order valence-corrected chi connectivity index (χ3v) is 1.27. The molecule has 1 heterocycles. The van der Waals surface area contributed by atoms with E-state index in [1.54, 1.807) is 0 Å². The lowest BCUT2D eigenvalue weighted by Gasteiger charge is -2.19. The van der Waals surface area contributed by atoms with E-state index < -0.39 is 0 Å². The number of carbonyl (C=O) groups is 1. The molecule has 0 spiro atoms. The second-order valence-corrected chi connectivity index (χ2v) is 3.82. The molecule has 5 heteroatoms. The predicted octanol–water partition coefficient (Wildman–Crippen LogP) is 0.644. The zero-order valence-electron chi connectivity index (χ0n) is 7.88. The van der Waals surface area contributed by atoms with E-state index >= 15 is 0 Å². The summed E-state index contributed by atoms with van der Waals surface area (Å²) < 4.78 is 0. The maximum atomic E-state index is 11.4. The summed E-state index contributed by atoms with van der Waals surface area (Å²) >= 11 is 0. The Labute approximate surface area is 76.2 Å². The van der Waals surface area contributed by atoms with Crippen LogP contribution in [0.5, 0.6) is 5.88 Å². The summed E-state index contributed by atoms with van der Waals surface area (Å²) in [5.41, 5.74) is -0.306. The third kappa shape index (κ3) is 2.77. The number of amides is 1. The lowest BCUT2D eigenvalue weighted by atomic mass is 10.1. The van der Waals surface area contributed by atoms with Gasteiger partial charge in [0.1, 0.15) is 0 Å². The first-order valence-electron chi connectivity index (χ1n) is 3.95. The van der Waals surface area contributed by atoms with Gasteiger partial charge in [0.15, 0.2) is 5.82 Å². The van der Waals surface area contributed by atoms with E-state index in [0.29, 0.717) is 0 Å². The van der Waals surface area contributed by atoms with Crippen LogP contribution in [-0.2, 0) is 0 Å². The van der Waals surface area contributed by atoms with Crippen molar-refractivity contribution in [3.05, 3.63) is 12.0 Å². The molecule has 0 unspecified atom stereocenters. The molecule has 0 aliphatic rings. The van der Waals surface area contributed by atoms with Crippen LogP contribution in [0, 0.1) is 0 Å². The molecule has 1 rings (SSSR count). The minimum Gasteiger partial charge on any atom is -0.493 e. The summed E-state index contributed by atoms with van der Waals surface area (Å²) in [5, 5.41) is 11.6. The van der Waals surface area contributed by atoms with Gasteiger partial charge < -0.3 is 15.4 Å². The molecule has 0 radical (unpaired) electrons. The highest BCUT2D eigenvalue weighted by molar-refractivity contribution is 5.91. The van der Waals surface area contributed by atoms with Crippen molar-refractivity contribution in [3.63, 3.8) is 0 Å². The van der Waals surface area contributed by atoms with Crippen LogP contribution in [0.3, 0.4) is 0 Å². The lowest BCUT2D eigenvalue weighted by molar-refractivity contribution is 0.0909. The Bertz CT molecular complexity index is 311. The third-order valence-electron chi connectivity index (χ3n) is 1.27. The average molecular weight is 183 g/mol. The monoisotopic (exact) mass is 183 g/mol. The zero-order valence-corrected chi connectivity index (χ0v) is 7.88. The maximum absolute atomic E-state index is 11.4. The fourth-order valence-electron chi connectivity index (χ4n) is 0.827. The molecule has 0 aromatic carbocycles. The molecule has 0 bridgehead atoms. The second kappa shape index (κ2) is 3.08. The molecular formula is C8H13N3O2. The highest BCUT2D eigenvalue weighted by Crippen LogP contribution is 2.05. The van der Waals surface area contributed by atoms with Crippen LogP contribution in [0.1, 0.15) is 31.4 Å². The van der Waals surface area contributed by atoms with E-state index in [-0.39, 0.29) is 23.2 Å². The first-order valence-corrected chi connectivity index (χ1v) is 3.95. The Hall–Kier alpha value is -1.52. The molecule has 1 aromatic heterocycles. The first-order chi connectivity index (χ1) is 5.88. The van der Waals surface area contributed by atoms with Crippen LogP contribution in [0.2, 0.25) is 0 Å². The van der Waals surface area contributed by atoms with Gasteiger partial charge in [0, 0.05) is 5.54 Å². The molecule has 0 fully saturated rings. The predicted molar refractivity (Wildman–Crippen MR) is 47.5 cm³/mol. The molecular weight excluding hydrogens is 170 g/mol. The van der Waals surface area contributed by atoms with E-state index in [9.17, 15) is 4.79 Å². The number of H-pyrrole nitrogens is 1. The van der Waals surface area contributed by atoms with Crippen molar-refractivity contribution < 1.29 is 9.90 Å². The molecule has 13 heavy (non-hydrogen) atoms. The van der Waals surface area contributed by atoms with Gasteiger partial charge in [-0.05, 0) is 20.8 Å². The number of carbonyl (C=O) groups excluding carboxylic acids is 1. The fourth-order valence-corrected chi connectivity index (χ4v) is 0.827. The SMILES string of the molecule is CC(C)(C)NC(=O)c1ncc(O)[nH]1. The van der Waals surface area contributed by atoms with Gasteiger partial charge in [-0.15, -0.1) is 0 Å². The quantitative estimate of drug-likeness (QED) is 0.598. The summed E-state index contributed by atoms with van der Waals surface area (Å²) in [6.45, 7) is 5.61. The van der Waals surface area contributed by atoms with Gasteiger partial charge in [-0.3, -0.25) is 4.79 Å². The van der Waals surface area contributed by atoms with Crippen molar-refractivity contribution in [3.8, 4) is 5.88 Å². The van der Waals surface area contributed by atoms with Crippen molar-refractivity contribution in [2.24, 2.45) is 0 Å². The van der Waals surface area contributed by atoms with Crippen LogP contribution in [0.15, 0.2) is 6.20 Å². The van der Waals surface area contributed by atoms with E-state index in [4.69, 9.17) is 5.11 Å². The molecule has 1 aromatic rings. The minimum atomic E-state index is -0.326. The molecule has 3 N–H and O–H groups in total. The van der Waals surface area contributed by atoms with Crippen molar-refractivity contribution >= 4 is 5.91 Å². The summed E-state index contributed by atoms with van der Waals surface area (Å²) in [4.78, 5) is 17.5. The summed E-state index contributed by atoms with van der Waals surface area (Å²) in [6.07, 6.45) is 1.19. The van der Waals surface area contributed by atoms with Gasteiger partial charge in [-0.25, -0.2) is 4.98 Å². The minimum absolute atomic E-state index is 0.112. The molecule has 5 nitrogen and oxygen atoms in total. The van der Waals surface area contributed by atoms with Crippen LogP contribution in [0.4, 0.5) is 0 Å². The molecule has 0 atom stereocenters. The van der Waals surface area contributed by atoms with E-state index in [0.717, 1.165) is 0 Å². The zero-order chi connectivity index (χ0) is 10.1. The summed E-state index contributed by atoms with van der Waals surface area (Å²) in [5.74, 6) is -0.320. The number of nitrogens with zero attached hydrogens (tertiary/aromatic N) is 1. The van der Waals surface area contributed by atoms with E-state index in [2.05, 4.69) is 15.3 Å². The smallest absolute Gasteiger partial charge is 0.287 e. The highest BCUT2D eigenvalue weighted by Gasteiger charge is 2.17. The van der Waals surface area contributed by atoms with Crippen molar-refractivity contribution in [2.75, 3.05) is 0 Å². The van der Waals surface area contributed by atoms with E-state index in [1.165, 1.54) is 6.20 Å². The normalized spacial score (nSPS) is 11.3. The highest BCUT2D eigenvalue weighted by atomic mass is 16.3. The average Bonchev–Trinajstić information content (AvgIpc) is 2.31. The van der Waals surface area contributed by atoms with Crippen LogP contribution >= 0.6 is 0 Å². The van der Waals surface area contributed by atoms with Crippen molar-refractivity contribution in [2.45, 2.75) is 26.3 Å². The number of imidazole rings is 1. The molecule has 0 saturated carbocycles.